The molecule has 0 aliphatic heterocycles. The first-order valence-electron chi connectivity index (χ1n) is 10.4. The average Bonchev–Trinajstić information content (AvgIpc) is 2.84. The van der Waals surface area contributed by atoms with Gasteiger partial charge in [0.1, 0.15) is 5.75 Å². The third-order valence-electron chi connectivity index (χ3n) is 5.64. The van der Waals surface area contributed by atoms with Crippen molar-refractivity contribution in [3.63, 3.8) is 0 Å². The Morgan fingerprint density at radius 1 is 0.812 bits per heavy atom. The maximum absolute atomic E-state index is 13.3. The Labute approximate surface area is 184 Å². The molecule has 5 aromatic rings. The zero-order valence-electron chi connectivity index (χ0n) is 17.6. The number of aromatic nitrogens is 3. The number of hydrogen-bond acceptors (Lipinski definition) is 4. The van der Waals surface area contributed by atoms with E-state index < -0.39 is 0 Å². The van der Waals surface area contributed by atoms with Crippen LogP contribution in [0.25, 0.3) is 27.5 Å². The largest absolute Gasteiger partial charge is 0.495 e. The minimum absolute atomic E-state index is 0.153. The Morgan fingerprint density at radius 3 is 2.28 bits per heavy atom. The number of benzene rings is 2. The fraction of sp³-hybridized carbons (Fsp3) is 0.115. The maximum Gasteiger partial charge on any atom is 0.264 e. The molecule has 32 heavy (non-hydrogen) atoms. The Bertz CT molecular complexity index is 1550. The second-order valence-corrected chi connectivity index (χ2v) is 7.57. The summed E-state index contributed by atoms with van der Waals surface area (Å²) < 4.78 is 8.60. The molecule has 0 saturated carbocycles. The van der Waals surface area contributed by atoms with Gasteiger partial charge in [0, 0.05) is 18.9 Å². The van der Waals surface area contributed by atoms with Gasteiger partial charge < -0.3 is 9.30 Å². The molecule has 0 radical (unpaired) electrons. The number of fused-ring (bicyclic) bond motifs is 2. The molecular formula is C26H21N3O3. The number of hydrogen-bond donors (Lipinski definition) is 0. The molecule has 158 valence electrons. The quantitative estimate of drug-likeness (QED) is 0.402. The lowest BCUT2D eigenvalue weighted by Crippen LogP contribution is -2.22. The number of rotatable bonds is 5. The predicted molar refractivity (Wildman–Crippen MR) is 126 cm³/mol. The maximum atomic E-state index is 13.3. The highest BCUT2D eigenvalue weighted by Crippen LogP contribution is 2.22. The fourth-order valence-corrected chi connectivity index (χ4v) is 3.95. The van der Waals surface area contributed by atoms with Gasteiger partial charge in [0.15, 0.2) is 0 Å². The number of para-hydroxylation sites is 2. The van der Waals surface area contributed by atoms with Crippen molar-refractivity contribution in [2.45, 2.75) is 13.0 Å². The minimum Gasteiger partial charge on any atom is -0.495 e. The SMILES string of the molecule is COc1ccccc1-n1ccc2nc3ccn(CCc4ccccc4)c(=O)c3cc2c1=O. The fourth-order valence-electron chi connectivity index (χ4n) is 3.95. The highest BCUT2D eigenvalue weighted by molar-refractivity contribution is 5.91. The Morgan fingerprint density at radius 2 is 1.50 bits per heavy atom. The van der Waals surface area contributed by atoms with Crippen molar-refractivity contribution >= 4 is 21.8 Å². The zero-order valence-corrected chi connectivity index (χ0v) is 17.6. The van der Waals surface area contributed by atoms with Gasteiger partial charge in [0.05, 0.1) is 34.6 Å². The first kappa shape index (κ1) is 19.8. The molecule has 0 unspecified atom stereocenters. The van der Waals surface area contributed by atoms with Crippen molar-refractivity contribution in [1.82, 2.24) is 14.1 Å². The van der Waals surface area contributed by atoms with Crippen molar-refractivity contribution in [2.24, 2.45) is 0 Å². The number of aryl methyl sites for hydroxylation is 2. The summed E-state index contributed by atoms with van der Waals surface area (Å²) in [5, 5.41) is 0.826. The van der Waals surface area contributed by atoms with Crippen LogP contribution < -0.4 is 15.9 Å². The molecule has 0 bridgehead atoms. The molecule has 6 heteroatoms. The van der Waals surface area contributed by atoms with Crippen LogP contribution in [0.15, 0.2) is 94.8 Å². The van der Waals surface area contributed by atoms with Gasteiger partial charge in [-0.25, -0.2) is 4.98 Å². The van der Waals surface area contributed by atoms with Crippen LogP contribution in [0, 0.1) is 0 Å². The molecule has 3 heterocycles. The lowest BCUT2D eigenvalue weighted by Gasteiger charge is -2.12. The summed E-state index contributed by atoms with van der Waals surface area (Å²) in [7, 11) is 1.57. The molecule has 6 nitrogen and oxygen atoms in total. The Balaban J connectivity index is 1.62. The normalized spacial score (nSPS) is 11.2. The molecule has 0 N–H and O–H groups in total. The van der Waals surface area contributed by atoms with Crippen molar-refractivity contribution < 1.29 is 4.74 Å². The van der Waals surface area contributed by atoms with Crippen LogP contribution in [-0.2, 0) is 13.0 Å². The molecule has 0 atom stereocenters. The smallest absolute Gasteiger partial charge is 0.264 e. The van der Waals surface area contributed by atoms with E-state index in [1.807, 2.05) is 54.6 Å². The predicted octanol–water partition coefficient (Wildman–Crippen LogP) is 3.95. The van der Waals surface area contributed by atoms with Gasteiger partial charge in [0.2, 0.25) is 0 Å². The van der Waals surface area contributed by atoms with E-state index in [0.717, 1.165) is 12.0 Å². The number of ether oxygens (including phenoxy) is 1. The van der Waals surface area contributed by atoms with E-state index in [1.165, 1.54) is 4.57 Å². The summed E-state index contributed by atoms with van der Waals surface area (Å²) in [5.74, 6) is 0.589. The average molecular weight is 423 g/mol. The second kappa shape index (κ2) is 8.15. The molecule has 0 aliphatic rings. The lowest BCUT2D eigenvalue weighted by atomic mass is 10.1. The van der Waals surface area contributed by atoms with Gasteiger partial charge in [-0.05, 0) is 42.3 Å². The summed E-state index contributed by atoms with van der Waals surface area (Å²) in [4.78, 5) is 31.0. The third-order valence-corrected chi connectivity index (χ3v) is 5.64. The Kier molecular flexibility index (Phi) is 5.03. The summed E-state index contributed by atoms with van der Waals surface area (Å²) in [5.41, 5.74) is 2.52. The molecule has 3 aromatic heterocycles. The number of nitrogens with zero attached hydrogens (tertiary/aromatic N) is 3. The van der Waals surface area contributed by atoms with Crippen LogP contribution in [0.4, 0.5) is 0 Å². The summed E-state index contributed by atoms with van der Waals surface area (Å²) >= 11 is 0. The van der Waals surface area contributed by atoms with Crippen molar-refractivity contribution in [3.05, 3.63) is 111 Å². The van der Waals surface area contributed by atoms with Gasteiger partial charge >= 0.3 is 0 Å². The first-order valence-corrected chi connectivity index (χ1v) is 10.4. The molecule has 0 aliphatic carbocycles. The second-order valence-electron chi connectivity index (χ2n) is 7.57. The van der Waals surface area contributed by atoms with E-state index >= 15 is 0 Å². The van der Waals surface area contributed by atoms with Gasteiger partial charge in [-0.2, -0.15) is 0 Å². The minimum atomic E-state index is -0.250. The molecule has 2 aromatic carbocycles. The standard InChI is InChI=1S/C26H21N3O3/c1-32-24-10-6-5-9-23(24)29-16-13-22-20(26(29)31)17-19-21(27-22)12-15-28(25(19)30)14-11-18-7-3-2-4-8-18/h2-10,12-13,15-17H,11,14H2,1H3. The van der Waals surface area contributed by atoms with Crippen molar-refractivity contribution in [3.8, 4) is 11.4 Å². The molecular weight excluding hydrogens is 402 g/mol. The molecule has 0 spiro atoms. The van der Waals surface area contributed by atoms with Crippen molar-refractivity contribution in [2.75, 3.05) is 7.11 Å². The van der Waals surface area contributed by atoms with E-state index in [1.54, 1.807) is 42.3 Å². The van der Waals surface area contributed by atoms with Crippen LogP contribution in [0.2, 0.25) is 0 Å². The summed E-state index contributed by atoms with van der Waals surface area (Å²) in [6.07, 6.45) is 4.19. The van der Waals surface area contributed by atoms with Gasteiger partial charge in [-0.1, -0.05) is 42.5 Å². The Hall–Kier alpha value is -4.19. The van der Waals surface area contributed by atoms with Gasteiger partial charge in [0.25, 0.3) is 11.1 Å². The first-order chi connectivity index (χ1) is 15.7. The van der Waals surface area contributed by atoms with E-state index in [-0.39, 0.29) is 11.1 Å². The third kappa shape index (κ3) is 3.46. The van der Waals surface area contributed by atoms with Gasteiger partial charge in [-0.15, -0.1) is 0 Å². The highest BCUT2D eigenvalue weighted by Gasteiger charge is 2.12. The molecule has 0 amide bonds. The summed E-state index contributed by atoms with van der Waals surface area (Å²) in [6.45, 7) is 0.553. The van der Waals surface area contributed by atoms with Crippen LogP contribution in [0.5, 0.6) is 5.75 Å². The van der Waals surface area contributed by atoms with E-state index in [0.29, 0.717) is 39.8 Å². The molecule has 0 saturated heterocycles. The van der Waals surface area contributed by atoms with Crippen molar-refractivity contribution in [1.29, 1.82) is 0 Å². The summed E-state index contributed by atoms with van der Waals surface area (Å²) in [6, 6.07) is 22.6. The van der Waals surface area contributed by atoms with Crippen LogP contribution in [0.3, 0.4) is 0 Å². The van der Waals surface area contributed by atoms with Gasteiger partial charge in [-0.3, -0.25) is 14.2 Å². The van der Waals surface area contributed by atoms with E-state index in [9.17, 15) is 9.59 Å². The van der Waals surface area contributed by atoms with E-state index in [2.05, 4.69) is 4.98 Å². The lowest BCUT2D eigenvalue weighted by molar-refractivity contribution is 0.412. The molecule has 5 rings (SSSR count). The van der Waals surface area contributed by atoms with Crippen LogP contribution in [0.1, 0.15) is 5.56 Å². The molecule has 0 fully saturated rings. The highest BCUT2D eigenvalue weighted by atomic mass is 16.5. The van der Waals surface area contributed by atoms with Crippen LogP contribution >= 0.6 is 0 Å². The zero-order chi connectivity index (χ0) is 22.1. The number of pyridine rings is 3. The number of methoxy groups -OCH3 is 1. The topological polar surface area (TPSA) is 66.1 Å². The van der Waals surface area contributed by atoms with E-state index in [4.69, 9.17) is 4.74 Å². The van der Waals surface area contributed by atoms with Crippen LogP contribution in [-0.4, -0.2) is 21.2 Å². The monoisotopic (exact) mass is 423 g/mol.